The molecular weight excluding hydrogens is 220 g/mol. The molecule has 1 aromatic heterocycles. The molecule has 80 valence electrons. The predicted octanol–water partition coefficient (Wildman–Crippen LogP) is 0.859. The molecule has 0 aliphatic heterocycles. The molecule has 3 N–H and O–H groups in total. The molecule has 0 amide bonds. The van der Waals surface area contributed by atoms with Crippen molar-refractivity contribution in [3.8, 4) is 0 Å². The minimum atomic E-state index is 0.176. The second-order valence-electron chi connectivity index (χ2n) is 2.53. The van der Waals surface area contributed by atoms with E-state index in [4.69, 9.17) is 10.2 Å². The Hall–Kier alpha value is -0.170. The number of nitrogens with one attached hydrogen (secondary N) is 1. The number of aromatic nitrogens is 2. The fourth-order valence-corrected chi connectivity index (χ4v) is 3.17. The van der Waals surface area contributed by atoms with Crippen molar-refractivity contribution in [3.63, 3.8) is 0 Å². The summed E-state index contributed by atoms with van der Waals surface area (Å²) in [5.74, 6) is 1.39. The number of aliphatic hydroxyl groups is 2. The summed E-state index contributed by atoms with van der Waals surface area (Å²) in [4.78, 5) is 0. The number of aliphatic hydroxyl groups excluding tert-OH is 2. The number of rotatable bonds is 7. The predicted molar refractivity (Wildman–Crippen MR) is 60.4 cm³/mol. The van der Waals surface area contributed by atoms with E-state index >= 15 is 0 Å². The summed E-state index contributed by atoms with van der Waals surface area (Å²) in [7, 11) is 0. The molecule has 0 saturated heterocycles. The molecule has 0 aromatic carbocycles. The lowest BCUT2D eigenvalue weighted by Gasteiger charge is -2.12. The third kappa shape index (κ3) is 3.91. The van der Waals surface area contributed by atoms with Crippen LogP contribution in [-0.4, -0.2) is 45.1 Å². The van der Waals surface area contributed by atoms with E-state index in [1.165, 1.54) is 0 Å². The summed E-state index contributed by atoms with van der Waals surface area (Å²) in [6.07, 6.45) is 1.71. The molecule has 0 aliphatic carbocycles. The van der Waals surface area contributed by atoms with E-state index in [-0.39, 0.29) is 17.8 Å². The summed E-state index contributed by atoms with van der Waals surface area (Å²) >= 11 is 3.30. The molecule has 1 aromatic rings. The first-order valence-corrected chi connectivity index (χ1v) is 6.42. The van der Waals surface area contributed by atoms with Gasteiger partial charge in [-0.15, -0.1) is 23.5 Å². The quantitative estimate of drug-likeness (QED) is 0.610. The van der Waals surface area contributed by atoms with Gasteiger partial charge in [0.05, 0.1) is 23.5 Å². The molecule has 0 unspecified atom stereocenters. The van der Waals surface area contributed by atoms with Crippen molar-refractivity contribution in [1.82, 2.24) is 10.2 Å². The SMILES string of the molecule is OCCSC(SCCO)c1ccn[nH]1. The Kier molecular flexibility index (Phi) is 6.09. The molecule has 0 aliphatic rings. The minimum Gasteiger partial charge on any atom is -0.396 e. The van der Waals surface area contributed by atoms with E-state index in [1.54, 1.807) is 29.7 Å². The summed E-state index contributed by atoms with van der Waals surface area (Å²) in [5.41, 5.74) is 1.03. The van der Waals surface area contributed by atoms with Gasteiger partial charge in [0, 0.05) is 17.7 Å². The van der Waals surface area contributed by atoms with Crippen molar-refractivity contribution in [1.29, 1.82) is 0 Å². The number of hydrogen-bond acceptors (Lipinski definition) is 5. The van der Waals surface area contributed by atoms with Crippen LogP contribution in [0, 0.1) is 0 Å². The summed E-state index contributed by atoms with van der Waals surface area (Å²) in [6, 6.07) is 1.92. The van der Waals surface area contributed by atoms with Gasteiger partial charge in [-0.3, -0.25) is 5.10 Å². The molecule has 1 rings (SSSR count). The zero-order valence-electron chi connectivity index (χ0n) is 7.72. The van der Waals surface area contributed by atoms with Gasteiger partial charge in [-0.25, -0.2) is 0 Å². The second-order valence-corrected chi connectivity index (χ2v) is 5.26. The fourth-order valence-electron chi connectivity index (χ4n) is 0.945. The fraction of sp³-hybridized carbons (Fsp3) is 0.625. The molecule has 0 fully saturated rings. The minimum absolute atomic E-state index is 0.176. The first kappa shape index (κ1) is 11.9. The summed E-state index contributed by atoms with van der Waals surface area (Å²) in [5, 5.41) is 24.2. The molecule has 6 heteroatoms. The monoisotopic (exact) mass is 234 g/mol. The number of thioether (sulfide) groups is 2. The third-order valence-corrected chi connectivity index (χ3v) is 4.26. The Morgan fingerprint density at radius 2 is 1.93 bits per heavy atom. The molecule has 0 spiro atoms. The van der Waals surface area contributed by atoms with E-state index < -0.39 is 0 Å². The van der Waals surface area contributed by atoms with Gasteiger partial charge < -0.3 is 10.2 Å². The maximum Gasteiger partial charge on any atom is 0.0917 e. The number of H-pyrrole nitrogens is 1. The molecule has 0 saturated carbocycles. The lowest BCUT2D eigenvalue weighted by atomic mass is 10.5. The van der Waals surface area contributed by atoms with Crippen molar-refractivity contribution in [2.24, 2.45) is 0 Å². The standard InChI is InChI=1S/C8H14N2O2S2/c11-3-5-13-8(14-6-4-12)7-1-2-9-10-7/h1-2,8,11-12H,3-6H2,(H,9,10). The number of hydrogen-bond donors (Lipinski definition) is 3. The highest BCUT2D eigenvalue weighted by molar-refractivity contribution is 8.16. The summed E-state index contributed by atoms with van der Waals surface area (Å²) in [6.45, 7) is 0.351. The van der Waals surface area contributed by atoms with Crippen LogP contribution in [0.5, 0.6) is 0 Å². The van der Waals surface area contributed by atoms with Gasteiger partial charge in [-0.1, -0.05) is 0 Å². The van der Waals surface area contributed by atoms with Gasteiger partial charge in [-0.05, 0) is 6.07 Å². The van der Waals surface area contributed by atoms with E-state index in [0.717, 1.165) is 5.69 Å². The Bertz CT molecular complexity index is 223. The first-order valence-electron chi connectivity index (χ1n) is 4.32. The smallest absolute Gasteiger partial charge is 0.0917 e. The van der Waals surface area contributed by atoms with E-state index in [9.17, 15) is 0 Å². The maximum absolute atomic E-state index is 8.73. The zero-order chi connectivity index (χ0) is 10.2. The van der Waals surface area contributed by atoms with Crippen LogP contribution in [0.2, 0.25) is 0 Å². The van der Waals surface area contributed by atoms with Gasteiger partial charge in [0.1, 0.15) is 0 Å². The van der Waals surface area contributed by atoms with E-state index in [0.29, 0.717) is 11.5 Å². The summed E-state index contributed by atoms with van der Waals surface area (Å²) < 4.78 is 0.219. The zero-order valence-corrected chi connectivity index (χ0v) is 9.35. The second kappa shape index (κ2) is 7.17. The van der Waals surface area contributed by atoms with Gasteiger partial charge in [0.15, 0.2) is 0 Å². The molecule has 14 heavy (non-hydrogen) atoms. The van der Waals surface area contributed by atoms with Crippen LogP contribution in [0.1, 0.15) is 10.3 Å². The van der Waals surface area contributed by atoms with Crippen LogP contribution in [0.3, 0.4) is 0 Å². The van der Waals surface area contributed by atoms with Gasteiger partial charge in [0.2, 0.25) is 0 Å². The van der Waals surface area contributed by atoms with Crippen LogP contribution >= 0.6 is 23.5 Å². The molecule has 4 nitrogen and oxygen atoms in total. The molecule has 0 bridgehead atoms. The van der Waals surface area contributed by atoms with Gasteiger partial charge in [-0.2, -0.15) is 5.10 Å². The number of aromatic amines is 1. The first-order chi connectivity index (χ1) is 6.88. The van der Waals surface area contributed by atoms with Crippen LogP contribution in [0.4, 0.5) is 0 Å². The van der Waals surface area contributed by atoms with Crippen molar-refractivity contribution < 1.29 is 10.2 Å². The third-order valence-electron chi connectivity index (χ3n) is 1.50. The Morgan fingerprint density at radius 3 is 2.36 bits per heavy atom. The van der Waals surface area contributed by atoms with Crippen LogP contribution in [0.15, 0.2) is 12.3 Å². The average Bonchev–Trinajstić information content (AvgIpc) is 2.71. The van der Waals surface area contributed by atoms with Gasteiger partial charge >= 0.3 is 0 Å². The normalized spacial score (nSPS) is 11.1. The van der Waals surface area contributed by atoms with Crippen LogP contribution in [0.25, 0.3) is 0 Å². The van der Waals surface area contributed by atoms with Gasteiger partial charge in [0.25, 0.3) is 0 Å². The Balaban J connectivity index is 2.44. The molecule has 0 atom stereocenters. The Labute approximate surface area is 91.5 Å². The Morgan fingerprint density at radius 1 is 1.29 bits per heavy atom. The van der Waals surface area contributed by atoms with Crippen molar-refractivity contribution in [2.45, 2.75) is 4.58 Å². The number of nitrogens with zero attached hydrogens (tertiary/aromatic N) is 1. The van der Waals surface area contributed by atoms with E-state index in [1.807, 2.05) is 6.07 Å². The highest BCUT2D eigenvalue weighted by Gasteiger charge is 2.12. The van der Waals surface area contributed by atoms with Crippen molar-refractivity contribution >= 4 is 23.5 Å². The molecule has 1 heterocycles. The molecule has 0 radical (unpaired) electrons. The van der Waals surface area contributed by atoms with E-state index in [2.05, 4.69) is 10.2 Å². The highest BCUT2D eigenvalue weighted by atomic mass is 32.2. The maximum atomic E-state index is 8.73. The highest BCUT2D eigenvalue weighted by Crippen LogP contribution is 2.37. The average molecular weight is 234 g/mol. The van der Waals surface area contributed by atoms with Crippen LogP contribution < -0.4 is 0 Å². The molecular formula is C8H14N2O2S2. The van der Waals surface area contributed by atoms with Crippen molar-refractivity contribution in [3.05, 3.63) is 18.0 Å². The van der Waals surface area contributed by atoms with Crippen molar-refractivity contribution in [2.75, 3.05) is 24.7 Å². The lowest BCUT2D eigenvalue weighted by molar-refractivity contribution is 0.322. The van der Waals surface area contributed by atoms with Crippen LogP contribution in [-0.2, 0) is 0 Å². The topological polar surface area (TPSA) is 69.1 Å². The largest absolute Gasteiger partial charge is 0.396 e. The lowest BCUT2D eigenvalue weighted by Crippen LogP contribution is -1.97.